The summed E-state index contributed by atoms with van der Waals surface area (Å²) >= 11 is 0. The number of nitrogens with zero attached hydrogens (tertiary/aromatic N) is 2. The molecule has 0 aliphatic carbocycles. The molecule has 0 aliphatic heterocycles. The molecule has 0 fully saturated rings. The summed E-state index contributed by atoms with van der Waals surface area (Å²) in [5.74, 6) is 0.274. The Hall–Kier alpha value is -1.45. The maximum absolute atomic E-state index is 10.8. The van der Waals surface area contributed by atoms with Crippen LogP contribution in [-0.4, -0.2) is 15.8 Å². The predicted octanol–water partition coefficient (Wildman–Crippen LogP) is 0.570. The molecule has 11 heavy (non-hydrogen) atoms. The maximum Gasteiger partial charge on any atom is 0.179 e. The van der Waals surface area contributed by atoms with Crippen LogP contribution in [0.25, 0.3) is 0 Å². The van der Waals surface area contributed by atoms with Crippen LogP contribution in [0, 0.1) is 6.92 Å². The highest BCUT2D eigenvalue weighted by molar-refractivity contribution is 5.91. The number of carbonyl (C=O) groups is 1. The number of nitrogen functional groups attached to an aromatic ring is 1. The van der Waals surface area contributed by atoms with Crippen molar-refractivity contribution < 1.29 is 4.79 Å². The average Bonchev–Trinajstić information content (AvgIpc) is 1.94. The van der Waals surface area contributed by atoms with Crippen LogP contribution in [0.2, 0.25) is 0 Å². The van der Waals surface area contributed by atoms with Crippen LogP contribution in [0.3, 0.4) is 0 Å². The van der Waals surface area contributed by atoms with E-state index in [0.29, 0.717) is 17.2 Å². The highest BCUT2D eigenvalue weighted by Crippen LogP contribution is 2.03. The molecule has 0 atom stereocenters. The van der Waals surface area contributed by atoms with Crippen LogP contribution in [0.5, 0.6) is 0 Å². The van der Waals surface area contributed by atoms with Crippen molar-refractivity contribution in [3.05, 3.63) is 17.6 Å². The van der Waals surface area contributed by atoms with Gasteiger partial charge in [-0.15, -0.1) is 0 Å². The minimum Gasteiger partial charge on any atom is -0.382 e. The summed E-state index contributed by atoms with van der Waals surface area (Å²) < 4.78 is 0. The third-order valence-electron chi connectivity index (χ3n) is 1.35. The number of hydrogen-bond donors (Lipinski definition) is 1. The lowest BCUT2D eigenvalue weighted by Crippen LogP contribution is -2.03. The average molecular weight is 151 g/mol. The van der Waals surface area contributed by atoms with E-state index >= 15 is 0 Å². The van der Waals surface area contributed by atoms with E-state index < -0.39 is 0 Å². The second-order valence-corrected chi connectivity index (χ2v) is 2.28. The van der Waals surface area contributed by atoms with E-state index in [4.69, 9.17) is 5.73 Å². The molecule has 0 aromatic carbocycles. The number of Topliss-reactive ketones (excluding diaryl/α,β-unsaturated/α-hetero) is 1. The Morgan fingerprint density at radius 3 is 2.73 bits per heavy atom. The highest BCUT2D eigenvalue weighted by Gasteiger charge is 2.02. The summed E-state index contributed by atoms with van der Waals surface area (Å²) in [5, 5.41) is 0. The molecule has 0 spiro atoms. The summed E-state index contributed by atoms with van der Waals surface area (Å²) in [7, 11) is 0. The van der Waals surface area contributed by atoms with E-state index in [0.717, 1.165) is 0 Å². The normalized spacial score (nSPS) is 9.64. The van der Waals surface area contributed by atoms with Gasteiger partial charge < -0.3 is 5.73 Å². The van der Waals surface area contributed by atoms with Crippen LogP contribution < -0.4 is 5.73 Å². The molecule has 1 aromatic heterocycles. The number of nitrogens with two attached hydrogens (primary N) is 1. The lowest BCUT2D eigenvalue weighted by molar-refractivity contribution is 0.101. The fourth-order valence-electron chi connectivity index (χ4n) is 0.661. The monoisotopic (exact) mass is 151 g/mol. The van der Waals surface area contributed by atoms with Crippen molar-refractivity contribution in [1.29, 1.82) is 0 Å². The number of aryl methyl sites for hydroxylation is 1. The van der Waals surface area contributed by atoms with E-state index in [1.807, 2.05) is 0 Å². The number of rotatable bonds is 1. The third kappa shape index (κ3) is 1.52. The molecule has 1 heterocycles. The molecule has 0 unspecified atom stereocenters. The lowest BCUT2D eigenvalue weighted by atomic mass is 10.3. The second-order valence-electron chi connectivity index (χ2n) is 2.28. The fourth-order valence-corrected chi connectivity index (χ4v) is 0.661. The van der Waals surface area contributed by atoms with Gasteiger partial charge in [-0.2, -0.15) is 0 Å². The molecule has 4 heteroatoms. The molecule has 0 saturated carbocycles. The van der Waals surface area contributed by atoms with E-state index in [9.17, 15) is 4.79 Å². The molecule has 0 bridgehead atoms. The third-order valence-corrected chi connectivity index (χ3v) is 1.35. The first kappa shape index (κ1) is 7.65. The Balaban J connectivity index is 3.15. The number of carbonyl (C=O) groups excluding carboxylic acids is 1. The predicted molar refractivity (Wildman–Crippen MR) is 41.2 cm³/mol. The van der Waals surface area contributed by atoms with Crippen molar-refractivity contribution >= 4 is 11.6 Å². The van der Waals surface area contributed by atoms with Gasteiger partial charge in [0.1, 0.15) is 11.5 Å². The molecule has 4 nitrogen and oxygen atoms in total. The minimum atomic E-state index is -0.0967. The first-order valence-corrected chi connectivity index (χ1v) is 3.21. The minimum absolute atomic E-state index is 0.0967. The molecule has 58 valence electrons. The summed E-state index contributed by atoms with van der Waals surface area (Å²) in [4.78, 5) is 18.5. The molecule has 1 aromatic rings. The Labute approximate surface area is 64.5 Å². The van der Waals surface area contributed by atoms with Crippen molar-refractivity contribution in [2.75, 3.05) is 5.73 Å². The first-order valence-electron chi connectivity index (χ1n) is 3.21. The fraction of sp³-hybridized carbons (Fsp3) is 0.286. The van der Waals surface area contributed by atoms with Crippen LogP contribution >= 0.6 is 0 Å². The van der Waals surface area contributed by atoms with Gasteiger partial charge in [-0.05, 0) is 6.92 Å². The number of ketones is 1. The van der Waals surface area contributed by atoms with Gasteiger partial charge in [-0.25, -0.2) is 9.97 Å². The van der Waals surface area contributed by atoms with Gasteiger partial charge in [0, 0.05) is 6.92 Å². The maximum atomic E-state index is 10.8. The Morgan fingerprint density at radius 1 is 1.64 bits per heavy atom. The van der Waals surface area contributed by atoms with Crippen LogP contribution in [-0.2, 0) is 0 Å². The molecule has 0 saturated heterocycles. The summed E-state index contributed by atoms with van der Waals surface area (Å²) in [5.41, 5.74) is 6.36. The topological polar surface area (TPSA) is 68.9 Å². The molecule has 0 amide bonds. The molecule has 0 radical (unpaired) electrons. The Bertz CT molecular complexity index is 296. The van der Waals surface area contributed by atoms with E-state index in [1.54, 1.807) is 6.92 Å². The van der Waals surface area contributed by atoms with Crippen LogP contribution in [0.1, 0.15) is 23.1 Å². The van der Waals surface area contributed by atoms with E-state index in [2.05, 4.69) is 9.97 Å². The first-order chi connectivity index (χ1) is 5.11. The second kappa shape index (κ2) is 2.65. The van der Waals surface area contributed by atoms with Gasteiger partial charge in [-0.1, -0.05) is 0 Å². The largest absolute Gasteiger partial charge is 0.382 e. The Kier molecular flexibility index (Phi) is 1.85. The van der Waals surface area contributed by atoms with E-state index in [1.165, 1.54) is 13.1 Å². The van der Waals surface area contributed by atoms with Gasteiger partial charge in [0.25, 0.3) is 0 Å². The van der Waals surface area contributed by atoms with Crippen molar-refractivity contribution in [3.63, 3.8) is 0 Å². The van der Waals surface area contributed by atoms with Crippen molar-refractivity contribution in [2.45, 2.75) is 13.8 Å². The highest BCUT2D eigenvalue weighted by atomic mass is 16.1. The molecular weight excluding hydrogens is 142 g/mol. The van der Waals surface area contributed by atoms with Crippen LogP contribution in [0.15, 0.2) is 6.20 Å². The Morgan fingerprint density at radius 2 is 2.27 bits per heavy atom. The zero-order valence-electron chi connectivity index (χ0n) is 6.46. The van der Waals surface area contributed by atoms with Crippen molar-refractivity contribution in [1.82, 2.24) is 9.97 Å². The SMILES string of the molecule is CC(=O)c1cnc(N)c(C)n1. The summed E-state index contributed by atoms with van der Waals surface area (Å²) in [6, 6.07) is 0. The van der Waals surface area contributed by atoms with Gasteiger partial charge in [0.2, 0.25) is 0 Å². The number of hydrogen-bond acceptors (Lipinski definition) is 4. The standard InChI is InChI=1S/C7H9N3O/c1-4-7(8)9-3-6(10-4)5(2)11/h3H,1-2H3,(H2,8,9). The van der Waals surface area contributed by atoms with Gasteiger partial charge in [-0.3, -0.25) is 4.79 Å². The molecule has 2 N–H and O–H groups in total. The summed E-state index contributed by atoms with van der Waals surface area (Å²) in [6.07, 6.45) is 1.38. The molecular formula is C7H9N3O. The van der Waals surface area contributed by atoms with Gasteiger partial charge in [0.05, 0.1) is 11.9 Å². The molecule has 0 aliphatic rings. The van der Waals surface area contributed by atoms with Gasteiger partial charge in [0.15, 0.2) is 5.78 Å². The smallest absolute Gasteiger partial charge is 0.179 e. The van der Waals surface area contributed by atoms with Crippen molar-refractivity contribution in [3.8, 4) is 0 Å². The zero-order chi connectivity index (χ0) is 8.43. The molecule has 1 rings (SSSR count). The zero-order valence-corrected chi connectivity index (χ0v) is 6.46. The van der Waals surface area contributed by atoms with E-state index in [-0.39, 0.29) is 5.78 Å². The van der Waals surface area contributed by atoms with Crippen molar-refractivity contribution in [2.24, 2.45) is 0 Å². The number of aromatic nitrogens is 2. The summed E-state index contributed by atoms with van der Waals surface area (Å²) in [6.45, 7) is 3.16. The van der Waals surface area contributed by atoms with Gasteiger partial charge >= 0.3 is 0 Å². The van der Waals surface area contributed by atoms with Crippen LogP contribution in [0.4, 0.5) is 5.82 Å². The lowest BCUT2D eigenvalue weighted by Gasteiger charge is -1.98. The number of anilines is 1. The quantitative estimate of drug-likeness (QED) is 0.596.